The van der Waals surface area contributed by atoms with Crippen LogP contribution < -0.4 is 5.73 Å². The number of hydrogen-bond donors (Lipinski definition) is 1. The molecule has 118 valence electrons. The van der Waals surface area contributed by atoms with Crippen LogP contribution in [0.4, 0.5) is 0 Å². The summed E-state index contributed by atoms with van der Waals surface area (Å²) in [5.41, 5.74) is 8.03. The molecule has 0 saturated heterocycles. The third-order valence-corrected chi connectivity index (χ3v) is 4.05. The molecule has 1 atom stereocenters. The zero-order valence-electron chi connectivity index (χ0n) is 12.8. The van der Waals surface area contributed by atoms with Crippen molar-refractivity contribution < 1.29 is 9.59 Å². The minimum absolute atomic E-state index is 0.157. The molecule has 7 nitrogen and oxygen atoms in total. The van der Waals surface area contributed by atoms with E-state index >= 15 is 0 Å². The monoisotopic (exact) mass is 319 g/mol. The smallest absolute Gasteiger partial charge is 0.194 e. The molecule has 0 fully saturated rings. The lowest BCUT2D eigenvalue weighted by molar-refractivity contribution is 0.0979. The summed E-state index contributed by atoms with van der Waals surface area (Å²) in [6.45, 7) is 1.77. The molecule has 24 heavy (non-hydrogen) atoms. The van der Waals surface area contributed by atoms with Gasteiger partial charge < -0.3 is 5.73 Å². The van der Waals surface area contributed by atoms with E-state index in [9.17, 15) is 9.59 Å². The van der Waals surface area contributed by atoms with Crippen LogP contribution >= 0.6 is 0 Å². The normalized spacial score (nSPS) is 14.2. The summed E-state index contributed by atoms with van der Waals surface area (Å²) in [5, 5.41) is 11.5. The van der Waals surface area contributed by atoms with Gasteiger partial charge in [0.05, 0.1) is 11.7 Å². The van der Waals surface area contributed by atoms with Crippen molar-refractivity contribution in [2.24, 2.45) is 5.73 Å². The van der Waals surface area contributed by atoms with E-state index in [1.807, 2.05) is 0 Å². The number of rotatable bonds is 2. The summed E-state index contributed by atoms with van der Waals surface area (Å²) in [7, 11) is 0. The number of benzene rings is 2. The average molecular weight is 319 g/mol. The van der Waals surface area contributed by atoms with E-state index in [2.05, 4.69) is 15.5 Å². The molecule has 0 bridgehead atoms. The standard InChI is InChI=1S/C17H13N5O2/c1-9(18)17-19-20-21-22(17)10-6-7-13-14(8-10)16(24)12-5-3-2-4-11(12)15(13)23/h2-9H,18H2,1H3. The Balaban J connectivity index is 1.89. The van der Waals surface area contributed by atoms with Crippen molar-refractivity contribution in [2.45, 2.75) is 13.0 Å². The second kappa shape index (κ2) is 5.17. The predicted octanol–water partition coefficient (Wildman–Crippen LogP) is 1.46. The summed E-state index contributed by atoms with van der Waals surface area (Å²) in [6.07, 6.45) is 0. The Hall–Kier alpha value is -3.19. The highest BCUT2D eigenvalue weighted by Crippen LogP contribution is 2.28. The lowest BCUT2D eigenvalue weighted by atomic mass is 9.84. The van der Waals surface area contributed by atoms with Crippen LogP contribution in [-0.4, -0.2) is 31.8 Å². The fraction of sp³-hybridized carbons (Fsp3) is 0.118. The fourth-order valence-electron chi connectivity index (χ4n) is 2.88. The molecule has 7 heteroatoms. The van der Waals surface area contributed by atoms with Crippen LogP contribution in [0, 0.1) is 0 Å². The number of hydrogen-bond acceptors (Lipinski definition) is 6. The third kappa shape index (κ3) is 1.99. The number of nitrogens with zero attached hydrogens (tertiary/aromatic N) is 4. The number of nitrogens with two attached hydrogens (primary N) is 1. The van der Waals surface area contributed by atoms with E-state index in [0.29, 0.717) is 33.8 Å². The van der Waals surface area contributed by atoms with Gasteiger partial charge in [0.25, 0.3) is 0 Å². The van der Waals surface area contributed by atoms with Gasteiger partial charge in [0.2, 0.25) is 0 Å². The van der Waals surface area contributed by atoms with Crippen LogP contribution in [-0.2, 0) is 0 Å². The Morgan fingerprint density at radius 1 is 0.958 bits per heavy atom. The highest BCUT2D eigenvalue weighted by Gasteiger charge is 2.29. The Labute approximate surface area is 137 Å². The number of fused-ring (bicyclic) bond motifs is 2. The summed E-state index contributed by atoms with van der Waals surface area (Å²) < 4.78 is 1.48. The van der Waals surface area contributed by atoms with Crippen LogP contribution in [0.3, 0.4) is 0 Å². The topological polar surface area (TPSA) is 104 Å². The van der Waals surface area contributed by atoms with Crippen molar-refractivity contribution in [3.05, 3.63) is 70.5 Å². The van der Waals surface area contributed by atoms with E-state index < -0.39 is 0 Å². The largest absolute Gasteiger partial charge is 0.321 e. The van der Waals surface area contributed by atoms with Crippen molar-refractivity contribution in [3.8, 4) is 5.69 Å². The van der Waals surface area contributed by atoms with Crippen molar-refractivity contribution >= 4 is 11.6 Å². The molecule has 0 amide bonds. The SMILES string of the molecule is CC(N)c1nnnn1-c1ccc2c(c1)C(=O)c1ccccc1C2=O. The van der Waals surface area contributed by atoms with Gasteiger partial charge in [0.15, 0.2) is 17.4 Å². The molecule has 0 spiro atoms. The first-order valence-corrected chi connectivity index (χ1v) is 7.44. The molecule has 2 N–H and O–H groups in total. The zero-order valence-corrected chi connectivity index (χ0v) is 12.8. The van der Waals surface area contributed by atoms with Crippen molar-refractivity contribution in [3.63, 3.8) is 0 Å². The highest BCUT2D eigenvalue weighted by molar-refractivity contribution is 6.28. The van der Waals surface area contributed by atoms with E-state index in [1.54, 1.807) is 49.4 Å². The summed E-state index contributed by atoms with van der Waals surface area (Å²) in [4.78, 5) is 25.4. The van der Waals surface area contributed by atoms with Gasteiger partial charge in [-0.15, -0.1) is 5.10 Å². The lowest BCUT2D eigenvalue weighted by Crippen LogP contribution is -2.21. The number of carbonyl (C=O) groups is 2. The fourth-order valence-corrected chi connectivity index (χ4v) is 2.88. The van der Waals surface area contributed by atoms with Crippen molar-refractivity contribution in [1.29, 1.82) is 0 Å². The minimum atomic E-state index is -0.367. The van der Waals surface area contributed by atoms with Crippen LogP contribution in [0.1, 0.15) is 50.6 Å². The maximum atomic E-state index is 12.8. The van der Waals surface area contributed by atoms with Crippen molar-refractivity contribution in [1.82, 2.24) is 20.2 Å². The van der Waals surface area contributed by atoms with Crippen LogP contribution in [0.25, 0.3) is 5.69 Å². The predicted molar refractivity (Wildman–Crippen MR) is 85.1 cm³/mol. The van der Waals surface area contributed by atoms with Crippen LogP contribution in [0.15, 0.2) is 42.5 Å². The number of ketones is 2. The summed E-state index contributed by atoms with van der Waals surface area (Å²) in [6, 6.07) is 11.4. The number of aromatic nitrogens is 4. The van der Waals surface area contributed by atoms with E-state index in [4.69, 9.17) is 5.73 Å². The Kier molecular flexibility index (Phi) is 3.10. The minimum Gasteiger partial charge on any atom is -0.321 e. The summed E-state index contributed by atoms with van der Waals surface area (Å²) in [5.74, 6) is 0.137. The first-order chi connectivity index (χ1) is 11.6. The van der Waals surface area contributed by atoms with Gasteiger partial charge in [-0.2, -0.15) is 4.68 Å². The first-order valence-electron chi connectivity index (χ1n) is 7.44. The van der Waals surface area contributed by atoms with Gasteiger partial charge in [0.1, 0.15) is 0 Å². The molecule has 0 aliphatic heterocycles. The molecule has 1 aliphatic carbocycles. The Bertz CT molecular complexity index is 990. The molecule has 1 unspecified atom stereocenters. The molecule has 3 aromatic rings. The second-order valence-electron chi connectivity index (χ2n) is 5.67. The number of tetrazole rings is 1. The Morgan fingerprint density at radius 3 is 2.25 bits per heavy atom. The second-order valence-corrected chi connectivity index (χ2v) is 5.67. The van der Waals surface area contributed by atoms with E-state index in [0.717, 1.165) is 0 Å². The van der Waals surface area contributed by atoms with E-state index in [-0.39, 0.29) is 17.6 Å². The maximum absolute atomic E-state index is 12.8. The molecular formula is C17H13N5O2. The summed E-state index contributed by atoms with van der Waals surface area (Å²) >= 11 is 0. The molecular weight excluding hydrogens is 306 g/mol. The van der Waals surface area contributed by atoms with Gasteiger partial charge in [-0.05, 0) is 35.5 Å². The maximum Gasteiger partial charge on any atom is 0.194 e. The quantitative estimate of drug-likeness (QED) is 0.600. The molecule has 1 aliphatic rings. The molecule has 0 saturated carbocycles. The van der Waals surface area contributed by atoms with Gasteiger partial charge >= 0.3 is 0 Å². The lowest BCUT2D eigenvalue weighted by Gasteiger charge is -2.18. The highest BCUT2D eigenvalue weighted by atomic mass is 16.1. The van der Waals surface area contributed by atoms with Gasteiger partial charge in [-0.3, -0.25) is 9.59 Å². The van der Waals surface area contributed by atoms with Gasteiger partial charge in [0, 0.05) is 22.3 Å². The number of carbonyl (C=O) groups excluding carboxylic acids is 2. The zero-order chi connectivity index (χ0) is 16.8. The molecule has 4 rings (SSSR count). The first kappa shape index (κ1) is 14.4. The third-order valence-electron chi connectivity index (χ3n) is 4.05. The van der Waals surface area contributed by atoms with Gasteiger partial charge in [-0.25, -0.2) is 0 Å². The Morgan fingerprint density at radius 2 is 1.58 bits per heavy atom. The van der Waals surface area contributed by atoms with Gasteiger partial charge in [-0.1, -0.05) is 24.3 Å². The molecule has 1 heterocycles. The van der Waals surface area contributed by atoms with Crippen LogP contribution in [0.5, 0.6) is 0 Å². The van der Waals surface area contributed by atoms with E-state index in [1.165, 1.54) is 4.68 Å². The molecule has 0 radical (unpaired) electrons. The van der Waals surface area contributed by atoms with Crippen molar-refractivity contribution in [2.75, 3.05) is 0 Å². The molecule has 1 aromatic heterocycles. The average Bonchev–Trinajstić information content (AvgIpc) is 3.09. The molecule has 2 aromatic carbocycles. The van der Waals surface area contributed by atoms with Crippen LogP contribution in [0.2, 0.25) is 0 Å².